The topological polar surface area (TPSA) is 65.2 Å². The van der Waals surface area contributed by atoms with Gasteiger partial charge in [-0.15, -0.1) is 0 Å². The van der Waals surface area contributed by atoms with Crippen LogP contribution in [0.15, 0.2) is 29.4 Å². The van der Waals surface area contributed by atoms with E-state index in [1.807, 2.05) is 0 Å². The molecule has 0 bridgehead atoms. The fourth-order valence-electron chi connectivity index (χ4n) is 1.01. The van der Waals surface area contributed by atoms with E-state index < -0.39 is 5.91 Å². The number of rotatable bonds is 3. The first-order valence-electron chi connectivity index (χ1n) is 4.59. The van der Waals surface area contributed by atoms with Crippen molar-refractivity contribution in [3.8, 4) is 6.07 Å². The zero-order chi connectivity index (χ0) is 12.0. The molecular formula is C11H10ClN3O. The number of carbonyl (C=O) groups excluding carboxylic acids is 1. The Morgan fingerprint density at radius 2 is 2.12 bits per heavy atom. The molecule has 4 nitrogen and oxygen atoms in total. The summed E-state index contributed by atoms with van der Waals surface area (Å²) in [6, 6.07) is 8.83. The molecule has 0 radical (unpaired) electrons. The van der Waals surface area contributed by atoms with Crippen molar-refractivity contribution in [2.75, 3.05) is 0 Å². The van der Waals surface area contributed by atoms with E-state index in [4.69, 9.17) is 16.9 Å². The van der Waals surface area contributed by atoms with Crippen molar-refractivity contribution in [3.63, 3.8) is 0 Å². The molecule has 82 valence electrons. The number of benzene rings is 1. The van der Waals surface area contributed by atoms with E-state index in [2.05, 4.69) is 10.5 Å². The third-order valence-corrected chi connectivity index (χ3v) is 2.10. The summed E-state index contributed by atoms with van der Waals surface area (Å²) in [6.45, 7) is 1.76. The average Bonchev–Trinajstić information content (AvgIpc) is 2.27. The maximum absolute atomic E-state index is 11.0. The molecule has 1 rings (SSSR count). The first kappa shape index (κ1) is 12.2. The molecule has 1 aromatic rings. The SMILES string of the molecule is CC(=NNC(=O)CC#N)c1ccc(Cl)cc1. The Hall–Kier alpha value is -1.86. The Kier molecular flexibility index (Phi) is 4.49. The van der Waals surface area contributed by atoms with Crippen LogP contribution >= 0.6 is 11.6 Å². The third-order valence-electron chi connectivity index (χ3n) is 1.85. The minimum atomic E-state index is -0.421. The highest BCUT2D eigenvalue weighted by Gasteiger charge is 2.00. The van der Waals surface area contributed by atoms with Crippen LogP contribution in [0.3, 0.4) is 0 Å². The monoisotopic (exact) mass is 235 g/mol. The van der Waals surface area contributed by atoms with Gasteiger partial charge in [-0.3, -0.25) is 4.79 Å². The van der Waals surface area contributed by atoms with E-state index in [0.717, 1.165) is 5.56 Å². The standard InChI is InChI=1S/C11H10ClN3O/c1-8(14-15-11(16)6-7-13)9-2-4-10(12)5-3-9/h2-5H,6H2,1H3,(H,15,16). The Balaban J connectivity index is 2.67. The van der Waals surface area contributed by atoms with Gasteiger partial charge in [0.15, 0.2) is 0 Å². The smallest absolute Gasteiger partial charge is 0.254 e. The minimum Gasteiger partial charge on any atom is -0.272 e. The third kappa shape index (κ3) is 3.71. The molecule has 0 aliphatic heterocycles. The van der Waals surface area contributed by atoms with Crippen LogP contribution in [-0.4, -0.2) is 11.6 Å². The molecule has 0 unspecified atom stereocenters. The second kappa shape index (κ2) is 5.89. The quantitative estimate of drug-likeness (QED) is 0.644. The lowest BCUT2D eigenvalue weighted by Crippen LogP contribution is -2.18. The van der Waals surface area contributed by atoms with E-state index in [9.17, 15) is 4.79 Å². The fourth-order valence-corrected chi connectivity index (χ4v) is 1.14. The van der Waals surface area contributed by atoms with Gasteiger partial charge in [-0.1, -0.05) is 23.7 Å². The summed E-state index contributed by atoms with van der Waals surface area (Å²) in [7, 11) is 0. The maximum Gasteiger partial charge on any atom is 0.254 e. The number of nitrogens with one attached hydrogen (secondary N) is 1. The molecule has 0 aliphatic rings. The minimum absolute atomic E-state index is 0.197. The second-order valence-corrected chi connectivity index (χ2v) is 3.51. The van der Waals surface area contributed by atoms with Crippen molar-refractivity contribution < 1.29 is 4.79 Å². The molecule has 0 saturated carbocycles. The summed E-state index contributed by atoms with van der Waals surface area (Å²) in [5.41, 5.74) is 3.81. The normalized spacial score (nSPS) is 10.7. The van der Waals surface area contributed by atoms with Gasteiger partial charge in [-0.05, 0) is 24.6 Å². The zero-order valence-electron chi connectivity index (χ0n) is 8.70. The van der Waals surface area contributed by atoms with Crippen LogP contribution in [-0.2, 0) is 4.79 Å². The van der Waals surface area contributed by atoms with Gasteiger partial charge in [0.25, 0.3) is 5.91 Å². The summed E-state index contributed by atoms with van der Waals surface area (Å²) < 4.78 is 0. The van der Waals surface area contributed by atoms with Crippen LogP contribution in [0.1, 0.15) is 18.9 Å². The summed E-state index contributed by atoms with van der Waals surface area (Å²) in [4.78, 5) is 11.0. The predicted molar refractivity (Wildman–Crippen MR) is 62.0 cm³/mol. The molecule has 0 aromatic heterocycles. The molecule has 0 fully saturated rings. The highest BCUT2D eigenvalue weighted by molar-refractivity contribution is 6.30. The maximum atomic E-state index is 11.0. The molecular weight excluding hydrogens is 226 g/mol. The fraction of sp³-hybridized carbons (Fsp3) is 0.182. The Bertz CT molecular complexity index is 445. The van der Waals surface area contributed by atoms with Crippen LogP contribution in [0.2, 0.25) is 5.02 Å². The molecule has 0 heterocycles. The van der Waals surface area contributed by atoms with Crippen LogP contribution in [0, 0.1) is 11.3 Å². The number of nitriles is 1. The Morgan fingerprint density at radius 3 is 2.69 bits per heavy atom. The number of halogens is 1. The second-order valence-electron chi connectivity index (χ2n) is 3.07. The van der Waals surface area contributed by atoms with Crippen LogP contribution < -0.4 is 5.43 Å². The lowest BCUT2D eigenvalue weighted by atomic mass is 10.1. The lowest BCUT2D eigenvalue weighted by Gasteiger charge is -2.01. The van der Waals surface area contributed by atoms with Gasteiger partial charge in [0.2, 0.25) is 0 Å². The molecule has 5 heteroatoms. The Labute approximate surface area is 98.5 Å². The van der Waals surface area contributed by atoms with E-state index in [0.29, 0.717) is 10.7 Å². The molecule has 16 heavy (non-hydrogen) atoms. The van der Waals surface area contributed by atoms with Gasteiger partial charge in [0.05, 0.1) is 11.8 Å². The van der Waals surface area contributed by atoms with Crippen molar-refractivity contribution in [3.05, 3.63) is 34.9 Å². The van der Waals surface area contributed by atoms with Crippen LogP contribution in [0.4, 0.5) is 0 Å². The van der Waals surface area contributed by atoms with Gasteiger partial charge < -0.3 is 0 Å². The van der Waals surface area contributed by atoms with Crippen molar-refractivity contribution in [2.24, 2.45) is 5.10 Å². The molecule has 0 spiro atoms. The van der Waals surface area contributed by atoms with Gasteiger partial charge in [-0.25, -0.2) is 5.43 Å². The van der Waals surface area contributed by atoms with Gasteiger partial charge >= 0.3 is 0 Å². The average molecular weight is 236 g/mol. The first-order valence-corrected chi connectivity index (χ1v) is 4.97. The first-order chi connectivity index (χ1) is 7.63. The van der Waals surface area contributed by atoms with Gasteiger partial charge in [0.1, 0.15) is 6.42 Å². The van der Waals surface area contributed by atoms with E-state index in [1.165, 1.54) is 0 Å². The summed E-state index contributed by atoms with van der Waals surface area (Å²) >= 11 is 5.74. The molecule has 1 N–H and O–H groups in total. The molecule has 0 saturated heterocycles. The van der Waals surface area contributed by atoms with Gasteiger partial charge in [-0.2, -0.15) is 10.4 Å². The highest BCUT2D eigenvalue weighted by atomic mass is 35.5. The zero-order valence-corrected chi connectivity index (χ0v) is 9.45. The van der Waals surface area contributed by atoms with Crippen molar-refractivity contribution in [2.45, 2.75) is 13.3 Å². The van der Waals surface area contributed by atoms with E-state index in [-0.39, 0.29) is 6.42 Å². The van der Waals surface area contributed by atoms with Crippen LogP contribution in [0.25, 0.3) is 0 Å². The molecule has 0 aliphatic carbocycles. The van der Waals surface area contributed by atoms with Crippen molar-refractivity contribution >= 4 is 23.2 Å². The predicted octanol–water partition coefficient (Wildman–Crippen LogP) is 2.09. The number of nitrogens with zero attached hydrogens (tertiary/aromatic N) is 2. The number of amides is 1. The largest absolute Gasteiger partial charge is 0.272 e. The van der Waals surface area contributed by atoms with Crippen LogP contribution in [0.5, 0.6) is 0 Å². The summed E-state index contributed by atoms with van der Waals surface area (Å²) in [5, 5.41) is 12.8. The van der Waals surface area contributed by atoms with Gasteiger partial charge in [0, 0.05) is 5.02 Å². The number of hydrazone groups is 1. The highest BCUT2D eigenvalue weighted by Crippen LogP contribution is 2.09. The molecule has 1 amide bonds. The summed E-state index contributed by atoms with van der Waals surface area (Å²) in [5.74, 6) is -0.421. The van der Waals surface area contributed by atoms with E-state index in [1.54, 1.807) is 37.3 Å². The molecule has 0 atom stereocenters. The summed E-state index contributed by atoms with van der Waals surface area (Å²) in [6.07, 6.45) is -0.197. The number of carbonyl (C=O) groups is 1. The molecule has 1 aromatic carbocycles. The lowest BCUT2D eigenvalue weighted by molar-refractivity contribution is -0.120. The number of hydrogen-bond acceptors (Lipinski definition) is 3. The van der Waals surface area contributed by atoms with Crippen molar-refractivity contribution in [1.82, 2.24) is 5.43 Å². The Morgan fingerprint density at radius 1 is 1.50 bits per heavy atom. The van der Waals surface area contributed by atoms with Crippen molar-refractivity contribution in [1.29, 1.82) is 5.26 Å². The van der Waals surface area contributed by atoms with E-state index >= 15 is 0 Å². The number of hydrogen-bond donors (Lipinski definition) is 1.